The monoisotopic (exact) mass is 499 g/mol. The van der Waals surface area contributed by atoms with E-state index in [4.69, 9.17) is 11.5 Å². The Balaban J connectivity index is 0.00000253. The van der Waals surface area contributed by atoms with Gasteiger partial charge in [-0.25, -0.2) is 9.59 Å². The summed E-state index contributed by atoms with van der Waals surface area (Å²) >= 11 is 0. The average Bonchev–Trinajstić information content (AvgIpc) is 3.25. The third kappa shape index (κ3) is 4.58. The molecule has 4 fully saturated rings. The number of anilines is 1. The van der Waals surface area contributed by atoms with Crippen LogP contribution in [-0.4, -0.2) is 70.7 Å². The number of piperidine rings is 1. The molecule has 4 aliphatic rings. The van der Waals surface area contributed by atoms with E-state index in [2.05, 4.69) is 27.3 Å². The van der Waals surface area contributed by atoms with E-state index in [-0.39, 0.29) is 35.7 Å². The van der Waals surface area contributed by atoms with Gasteiger partial charge in [0.05, 0.1) is 5.69 Å². The fourth-order valence-corrected chi connectivity index (χ4v) is 6.46. The van der Waals surface area contributed by atoms with Crippen molar-refractivity contribution in [3.8, 4) is 5.69 Å². The highest BCUT2D eigenvalue weighted by atomic mass is 35.5. The third-order valence-corrected chi connectivity index (χ3v) is 8.42. The van der Waals surface area contributed by atoms with Gasteiger partial charge in [0.1, 0.15) is 5.82 Å². The summed E-state index contributed by atoms with van der Waals surface area (Å²) in [6.07, 6.45) is 4.62. The zero-order valence-electron chi connectivity index (χ0n) is 19.8. The van der Waals surface area contributed by atoms with Crippen LogP contribution >= 0.6 is 12.4 Å². The number of halogens is 1. The maximum atomic E-state index is 12.6. The van der Waals surface area contributed by atoms with E-state index in [0.29, 0.717) is 0 Å². The molecule has 1 spiro atoms. The number of likely N-dealkylation sites (tertiary alicyclic amines) is 2. The molecule has 6 rings (SSSR count). The second kappa shape index (κ2) is 9.20. The van der Waals surface area contributed by atoms with Gasteiger partial charge >= 0.3 is 11.7 Å². The lowest BCUT2D eigenvalue weighted by Crippen LogP contribution is -2.67. The minimum absolute atomic E-state index is 0. The average molecular weight is 500 g/mol. The SMILES string of the molecule is Cl.NCC1C2CN(CCc3ccc(-n4ccc(NC(=O)N5CC6(CC(N)C6)C5)nc4=O)cc3)CC12. The molecular formula is C25H34ClN7O2. The number of nitrogens with one attached hydrogen (secondary N) is 1. The van der Waals surface area contributed by atoms with E-state index in [9.17, 15) is 9.59 Å². The summed E-state index contributed by atoms with van der Waals surface area (Å²) in [6.45, 7) is 5.71. The lowest BCUT2D eigenvalue weighted by atomic mass is 9.61. The highest BCUT2D eigenvalue weighted by Gasteiger charge is 2.54. The number of hydrogen-bond donors (Lipinski definition) is 3. The maximum Gasteiger partial charge on any atom is 0.354 e. The predicted molar refractivity (Wildman–Crippen MR) is 137 cm³/mol. The number of rotatable bonds is 6. The van der Waals surface area contributed by atoms with E-state index >= 15 is 0 Å². The molecule has 0 radical (unpaired) electrons. The van der Waals surface area contributed by atoms with Crippen LogP contribution in [0.3, 0.4) is 0 Å². The summed E-state index contributed by atoms with van der Waals surface area (Å²) in [5.74, 6) is 2.68. The summed E-state index contributed by atoms with van der Waals surface area (Å²) < 4.78 is 1.49. The molecule has 1 aromatic carbocycles. The number of carbonyl (C=O) groups is 1. The Morgan fingerprint density at radius 3 is 2.40 bits per heavy atom. The molecule has 188 valence electrons. The molecule has 1 aromatic heterocycles. The van der Waals surface area contributed by atoms with Crippen LogP contribution in [0.4, 0.5) is 10.6 Å². The normalized spacial score (nSPS) is 26.5. The van der Waals surface area contributed by atoms with Gasteiger partial charge in [-0.3, -0.25) is 9.88 Å². The predicted octanol–water partition coefficient (Wildman–Crippen LogP) is 1.29. The van der Waals surface area contributed by atoms with Crippen LogP contribution in [0, 0.1) is 23.2 Å². The van der Waals surface area contributed by atoms with Crippen LogP contribution in [0.1, 0.15) is 18.4 Å². The molecule has 2 aliphatic heterocycles. The number of carbonyl (C=O) groups excluding carboxylic acids is 1. The van der Waals surface area contributed by atoms with Gasteiger partial charge in [0.2, 0.25) is 0 Å². The van der Waals surface area contributed by atoms with Gasteiger partial charge in [0, 0.05) is 50.4 Å². The number of fused-ring (bicyclic) bond motifs is 1. The summed E-state index contributed by atoms with van der Waals surface area (Å²) in [5, 5.41) is 2.75. The summed E-state index contributed by atoms with van der Waals surface area (Å²) in [4.78, 5) is 33.4. The highest BCUT2D eigenvalue weighted by molar-refractivity contribution is 5.89. The minimum Gasteiger partial charge on any atom is -0.330 e. The molecule has 35 heavy (non-hydrogen) atoms. The molecule has 2 aliphatic carbocycles. The summed E-state index contributed by atoms with van der Waals surface area (Å²) in [7, 11) is 0. The van der Waals surface area contributed by atoms with Crippen molar-refractivity contribution in [1.29, 1.82) is 0 Å². The van der Waals surface area contributed by atoms with Crippen molar-refractivity contribution in [2.75, 3.05) is 44.6 Å². The first kappa shape index (κ1) is 24.2. The van der Waals surface area contributed by atoms with Crippen LogP contribution in [0.25, 0.3) is 5.69 Å². The van der Waals surface area contributed by atoms with E-state index in [1.54, 1.807) is 17.2 Å². The topological polar surface area (TPSA) is 123 Å². The van der Waals surface area contributed by atoms with Crippen LogP contribution < -0.4 is 22.5 Å². The first-order chi connectivity index (χ1) is 16.4. The molecule has 9 nitrogen and oxygen atoms in total. The lowest BCUT2D eigenvalue weighted by Gasteiger charge is -2.58. The molecule has 2 amide bonds. The zero-order valence-corrected chi connectivity index (χ0v) is 20.6. The van der Waals surface area contributed by atoms with Crippen molar-refractivity contribution in [3.63, 3.8) is 0 Å². The Morgan fingerprint density at radius 1 is 1.11 bits per heavy atom. The summed E-state index contributed by atoms with van der Waals surface area (Å²) in [6, 6.07) is 9.76. The molecule has 2 unspecified atom stereocenters. The number of nitrogens with two attached hydrogens (primary N) is 2. The molecular weight excluding hydrogens is 466 g/mol. The van der Waals surface area contributed by atoms with E-state index in [1.807, 2.05) is 12.1 Å². The van der Waals surface area contributed by atoms with Gasteiger partial charge in [-0.15, -0.1) is 12.4 Å². The van der Waals surface area contributed by atoms with Crippen LogP contribution in [-0.2, 0) is 6.42 Å². The van der Waals surface area contributed by atoms with E-state index in [1.165, 1.54) is 23.2 Å². The number of hydrogen-bond acceptors (Lipinski definition) is 6. The van der Waals surface area contributed by atoms with E-state index in [0.717, 1.165) is 68.9 Å². The number of nitrogens with zero attached hydrogens (tertiary/aromatic N) is 4. The number of benzene rings is 1. The third-order valence-electron chi connectivity index (χ3n) is 8.42. The fraction of sp³-hybridized carbons (Fsp3) is 0.560. The van der Waals surface area contributed by atoms with Crippen molar-refractivity contribution in [1.82, 2.24) is 19.4 Å². The van der Waals surface area contributed by atoms with Gasteiger partial charge < -0.3 is 21.3 Å². The Labute approximate surface area is 211 Å². The summed E-state index contributed by atoms with van der Waals surface area (Å²) in [5.41, 5.74) is 13.5. The zero-order chi connectivity index (χ0) is 23.4. The molecule has 10 heteroatoms. The Morgan fingerprint density at radius 2 is 1.80 bits per heavy atom. The molecule has 2 aromatic rings. The van der Waals surface area contributed by atoms with Gasteiger partial charge in [-0.1, -0.05) is 12.1 Å². The molecule has 3 heterocycles. The number of amides is 2. The molecule has 2 saturated heterocycles. The molecule has 0 bridgehead atoms. The Hall–Kier alpha value is -2.46. The first-order valence-electron chi connectivity index (χ1n) is 12.4. The Bertz CT molecular complexity index is 1130. The van der Waals surface area contributed by atoms with Gasteiger partial charge in [0.15, 0.2) is 0 Å². The van der Waals surface area contributed by atoms with Crippen molar-refractivity contribution in [2.45, 2.75) is 25.3 Å². The Kier molecular flexibility index (Phi) is 6.37. The van der Waals surface area contributed by atoms with E-state index < -0.39 is 5.69 Å². The van der Waals surface area contributed by atoms with Crippen molar-refractivity contribution in [2.24, 2.45) is 34.6 Å². The first-order valence-corrected chi connectivity index (χ1v) is 12.4. The minimum atomic E-state index is -0.415. The molecule has 5 N–H and O–H groups in total. The fourth-order valence-electron chi connectivity index (χ4n) is 6.46. The van der Waals surface area contributed by atoms with Crippen LogP contribution in [0.15, 0.2) is 41.3 Å². The maximum absolute atomic E-state index is 12.6. The van der Waals surface area contributed by atoms with Crippen LogP contribution in [0.2, 0.25) is 0 Å². The number of aromatic nitrogens is 2. The van der Waals surface area contributed by atoms with Gasteiger partial charge in [0.25, 0.3) is 0 Å². The molecule has 2 atom stereocenters. The van der Waals surface area contributed by atoms with Crippen molar-refractivity contribution >= 4 is 24.3 Å². The van der Waals surface area contributed by atoms with Crippen LogP contribution in [0.5, 0.6) is 0 Å². The largest absolute Gasteiger partial charge is 0.354 e. The number of urea groups is 1. The second-order valence-electron chi connectivity index (χ2n) is 10.8. The lowest BCUT2D eigenvalue weighted by molar-refractivity contribution is -0.0418. The molecule has 2 saturated carbocycles. The van der Waals surface area contributed by atoms with Crippen molar-refractivity contribution < 1.29 is 4.79 Å². The highest BCUT2D eigenvalue weighted by Crippen LogP contribution is 2.50. The van der Waals surface area contributed by atoms with Crippen molar-refractivity contribution in [3.05, 3.63) is 52.6 Å². The van der Waals surface area contributed by atoms with Gasteiger partial charge in [-0.05, 0) is 67.3 Å². The smallest absolute Gasteiger partial charge is 0.330 e. The second-order valence-corrected chi connectivity index (χ2v) is 10.8. The quantitative estimate of drug-likeness (QED) is 0.550. The van der Waals surface area contributed by atoms with Gasteiger partial charge in [-0.2, -0.15) is 4.98 Å². The standard InChI is InChI=1S/C25H33N7O2.ClH/c26-11-19-20-12-30(13-21(19)20)7-5-16-1-3-18(4-2-16)32-8-6-22(29-24(32)34)28-23(33)31-14-25(15-31)9-17(27)10-25;/h1-4,6,8,17,19-21H,5,7,9-15,26-27H2,(H,28,29,33,34);1H.